The number of carbonyl (C=O) groups excluding carboxylic acids is 1. The van der Waals surface area contributed by atoms with Gasteiger partial charge in [-0.2, -0.15) is 0 Å². The van der Waals surface area contributed by atoms with Crippen LogP contribution in [0.1, 0.15) is 16.8 Å². The molecule has 0 atom stereocenters. The third-order valence-corrected chi connectivity index (χ3v) is 3.34. The molecule has 2 rings (SSSR count). The van der Waals surface area contributed by atoms with Crippen LogP contribution in [0.2, 0.25) is 5.02 Å². The number of ether oxygens (including phenoxy) is 1. The van der Waals surface area contributed by atoms with Gasteiger partial charge in [0.05, 0.1) is 19.1 Å². The quantitative estimate of drug-likeness (QED) is 0.916. The Kier molecular flexibility index (Phi) is 3.95. The molecule has 0 aromatic heterocycles. The molecule has 1 aliphatic rings. The zero-order valence-corrected chi connectivity index (χ0v) is 11.2. The van der Waals surface area contributed by atoms with Crippen LogP contribution in [-0.4, -0.2) is 42.1 Å². The van der Waals surface area contributed by atoms with Crippen LogP contribution < -0.4 is 4.74 Å². The summed E-state index contributed by atoms with van der Waals surface area (Å²) in [6, 6.07) is 4.84. The molecule has 0 radical (unpaired) electrons. The molecule has 1 amide bonds. The topological polar surface area (TPSA) is 66.8 Å². The molecule has 1 aromatic carbocycles. The van der Waals surface area contributed by atoms with Gasteiger partial charge in [-0.15, -0.1) is 0 Å². The van der Waals surface area contributed by atoms with Gasteiger partial charge in [0.2, 0.25) is 0 Å². The number of likely N-dealkylation sites (tertiary alicyclic amines) is 1. The molecule has 6 heteroatoms. The van der Waals surface area contributed by atoms with Crippen LogP contribution in [0.5, 0.6) is 5.75 Å². The normalized spacial score (nSPS) is 14.9. The maximum Gasteiger partial charge on any atom is 0.303 e. The fourth-order valence-electron chi connectivity index (χ4n) is 2.12. The molecule has 1 fully saturated rings. The summed E-state index contributed by atoms with van der Waals surface area (Å²) >= 11 is 5.84. The van der Waals surface area contributed by atoms with Gasteiger partial charge in [0, 0.05) is 24.0 Å². The Morgan fingerprint density at radius 3 is 2.74 bits per heavy atom. The van der Waals surface area contributed by atoms with E-state index in [0.717, 1.165) is 0 Å². The minimum Gasteiger partial charge on any atom is -0.496 e. The van der Waals surface area contributed by atoms with Gasteiger partial charge in [-0.05, 0) is 18.2 Å². The summed E-state index contributed by atoms with van der Waals surface area (Å²) in [4.78, 5) is 24.4. The summed E-state index contributed by atoms with van der Waals surface area (Å²) in [5, 5.41) is 9.17. The lowest BCUT2D eigenvalue weighted by Gasteiger charge is -2.38. The van der Waals surface area contributed by atoms with E-state index in [1.54, 1.807) is 23.1 Å². The molecule has 102 valence electrons. The standard InChI is InChI=1S/C13H14ClNO4/c1-19-11-5-9(14)2-3-10(11)13(18)15-6-8(7-15)4-12(16)17/h2-3,5,8H,4,6-7H2,1H3,(H,16,17). The molecule has 5 nitrogen and oxygen atoms in total. The second-order valence-corrected chi connectivity index (χ2v) is 4.96. The van der Waals surface area contributed by atoms with E-state index in [4.69, 9.17) is 21.4 Å². The van der Waals surface area contributed by atoms with Crippen molar-refractivity contribution in [2.24, 2.45) is 5.92 Å². The number of aliphatic carboxylic acids is 1. The van der Waals surface area contributed by atoms with Crippen molar-refractivity contribution in [3.05, 3.63) is 28.8 Å². The van der Waals surface area contributed by atoms with Crippen LogP contribution in [0.15, 0.2) is 18.2 Å². The van der Waals surface area contributed by atoms with Gasteiger partial charge in [-0.1, -0.05) is 11.6 Å². The number of hydrogen-bond acceptors (Lipinski definition) is 3. The van der Waals surface area contributed by atoms with Crippen LogP contribution in [-0.2, 0) is 4.79 Å². The van der Waals surface area contributed by atoms with Gasteiger partial charge in [0.25, 0.3) is 5.91 Å². The second-order valence-electron chi connectivity index (χ2n) is 4.52. The second kappa shape index (κ2) is 5.48. The Bertz CT molecular complexity index is 511. The van der Waals surface area contributed by atoms with Gasteiger partial charge >= 0.3 is 5.97 Å². The Morgan fingerprint density at radius 2 is 2.16 bits per heavy atom. The number of methoxy groups -OCH3 is 1. The first-order chi connectivity index (χ1) is 9.01. The first kappa shape index (κ1) is 13.7. The summed E-state index contributed by atoms with van der Waals surface area (Å²) < 4.78 is 5.13. The number of rotatable bonds is 4. The number of nitrogens with zero attached hydrogens (tertiary/aromatic N) is 1. The van der Waals surface area contributed by atoms with E-state index in [9.17, 15) is 9.59 Å². The molecular weight excluding hydrogens is 270 g/mol. The SMILES string of the molecule is COc1cc(Cl)ccc1C(=O)N1CC(CC(=O)O)C1. The zero-order valence-electron chi connectivity index (χ0n) is 10.4. The van der Waals surface area contributed by atoms with E-state index in [0.29, 0.717) is 29.4 Å². The van der Waals surface area contributed by atoms with Crippen molar-refractivity contribution in [1.82, 2.24) is 4.90 Å². The van der Waals surface area contributed by atoms with Crippen LogP contribution in [0, 0.1) is 5.92 Å². The third-order valence-electron chi connectivity index (χ3n) is 3.10. The number of carboxylic acids is 1. The molecule has 1 aromatic rings. The minimum atomic E-state index is -0.832. The molecule has 19 heavy (non-hydrogen) atoms. The first-order valence-electron chi connectivity index (χ1n) is 5.86. The smallest absolute Gasteiger partial charge is 0.303 e. The first-order valence-corrected chi connectivity index (χ1v) is 6.23. The molecule has 0 spiro atoms. The lowest BCUT2D eigenvalue weighted by atomic mass is 9.95. The average Bonchev–Trinajstić information content (AvgIpc) is 2.32. The average molecular weight is 284 g/mol. The van der Waals surface area contributed by atoms with E-state index >= 15 is 0 Å². The van der Waals surface area contributed by atoms with E-state index in [1.807, 2.05) is 0 Å². The van der Waals surface area contributed by atoms with Crippen LogP contribution >= 0.6 is 11.6 Å². The van der Waals surface area contributed by atoms with Gasteiger partial charge in [-0.25, -0.2) is 0 Å². The highest BCUT2D eigenvalue weighted by Crippen LogP contribution is 2.28. The van der Waals surface area contributed by atoms with Crippen molar-refractivity contribution in [3.63, 3.8) is 0 Å². The predicted molar refractivity (Wildman–Crippen MR) is 69.7 cm³/mol. The molecule has 0 saturated carbocycles. The molecule has 1 heterocycles. The molecule has 1 saturated heterocycles. The maximum absolute atomic E-state index is 12.2. The third kappa shape index (κ3) is 2.98. The Hall–Kier alpha value is -1.75. The number of halogens is 1. The Labute approximate surface area is 115 Å². The van der Waals surface area contributed by atoms with Crippen molar-refractivity contribution < 1.29 is 19.4 Å². The predicted octanol–water partition coefficient (Wildman–Crippen LogP) is 1.90. The van der Waals surface area contributed by atoms with Crippen molar-refractivity contribution in [3.8, 4) is 5.75 Å². The minimum absolute atomic E-state index is 0.0414. The number of hydrogen-bond donors (Lipinski definition) is 1. The zero-order chi connectivity index (χ0) is 14.0. The number of amides is 1. The van der Waals surface area contributed by atoms with Gasteiger partial charge in [0.1, 0.15) is 5.75 Å². The van der Waals surface area contributed by atoms with Crippen molar-refractivity contribution >= 4 is 23.5 Å². The van der Waals surface area contributed by atoms with Crippen molar-refractivity contribution in [2.75, 3.05) is 20.2 Å². The molecular formula is C13H14ClNO4. The van der Waals surface area contributed by atoms with Crippen molar-refractivity contribution in [2.45, 2.75) is 6.42 Å². The molecule has 0 aliphatic carbocycles. The van der Waals surface area contributed by atoms with E-state index in [-0.39, 0.29) is 18.2 Å². The molecule has 1 aliphatic heterocycles. The summed E-state index contributed by atoms with van der Waals surface area (Å²) in [6.45, 7) is 0.938. The Balaban J connectivity index is 2.04. The molecule has 0 unspecified atom stereocenters. The summed E-state index contributed by atoms with van der Waals surface area (Å²) in [5.74, 6) is -0.518. The largest absolute Gasteiger partial charge is 0.496 e. The maximum atomic E-state index is 12.2. The number of carbonyl (C=O) groups is 2. The van der Waals surface area contributed by atoms with E-state index in [1.165, 1.54) is 7.11 Å². The Morgan fingerprint density at radius 1 is 1.47 bits per heavy atom. The molecule has 0 bridgehead atoms. The van der Waals surface area contributed by atoms with Crippen LogP contribution in [0.4, 0.5) is 0 Å². The lowest BCUT2D eigenvalue weighted by molar-refractivity contribution is -0.139. The number of carboxylic acid groups (broad SMARTS) is 1. The van der Waals surface area contributed by atoms with Crippen molar-refractivity contribution in [1.29, 1.82) is 0 Å². The highest BCUT2D eigenvalue weighted by Gasteiger charge is 2.33. The van der Waals surface area contributed by atoms with Gasteiger partial charge in [0.15, 0.2) is 0 Å². The summed E-state index contributed by atoms with van der Waals surface area (Å²) in [6.07, 6.45) is 0.0987. The summed E-state index contributed by atoms with van der Waals surface area (Å²) in [7, 11) is 1.48. The lowest BCUT2D eigenvalue weighted by Crippen LogP contribution is -2.50. The molecule has 1 N–H and O–H groups in total. The fourth-order valence-corrected chi connectivity index (χ4v) is 2.29. The highest BCUT2D eigenvalue weighted by molar-refractivity contribution is 6.30. The van der Waals surface area contributed by atoms with E-state index in [2.05, 4.69) is 0 Å². The number of benzene rings is 1. The van der Waals surface area contributed by atoms with Gasteiger partial charge < -0.3 is 14.7 Å². The monoisotopic (exact) mass is 283 g/mol. The summed E-state index contributed by atoms with van der Waals surface area (Å²) in [5.41, 5.74) is 0.445. The van der Waals surface area contributed by atoms with E-state index < -0.39 is 5.97 Å². The fraction of sp³-hybridized carbons (Fsp3) is 0.385. The van der Waals surface area contributed by atoms with Crippen LogP contribution in [0.25, 0.3) is 0 Å². The van der Waals surface area contributed by atoms with Crippen LogP contribution in [0.3, 0.4) is 0 Å². The highest BCUT2D eigenvalue weighted by atomic mass is 35.5. The van der Waals surface area contributed by atoms with Gasteiger partial charge in [-0.3, -0.25) is 9.59 Å².